The maximum Gasteiger partial charge on any atom is -0.0242 e. The van der Waals surface area contributed by atoms with Gasteiger partial charge in [0.15, 0.2) is 0 Å². The molecule has 0 fully saturated rings. The molecular weight excluding hydrogens is 204 g/mol. The summed E-state index contributed by atoms with van der Waals surface area (Å²) < 4.78 is 0. The van der Waals surface area contributed by atoms with Crippen LogP contribution in [0.3, 0.4) is 0 Å². The van der Waals surface area contributed by atoms with E-state index in [9.17, 15) is 0 Å². The predicted molar refractivity (Wildman–Crippen MR) is 77.2 cm³/mol. The van der Waals surface area contributed by atoms with E-state index in [1.165, 1.54) is 36.8 Å². The molecule has 0 saturated heterocycles. The van der Waals surface area contributed by atoms with Crippen LogP contribution in [0.25, 0.3) is 0 Å². The third-order valence-electron chi connectivity index (χ3n) is 3.53. The van der Waals surface area contributed by atoms with Crippen molar-refractivity contribution in [3.8, 4) is 0 Å². The maximum absolute atomic E-state index is 4.19. The molecule has 1 aromatic rings. The zero-order chi connectivity index (χ0) is 12.5. The Hall–Kier alpha value is -1.04. The van der Waals surface area contributed by atoms with Gasteiger partial charge in [0.25, 0.3) is 0 Å². The van der Waals surface area contributed by atoms with Crippen LogP contribution in [0.1, 0.15) is 51.5 Å². The largest absolute Gasteiger partial charge is 0.0999 e. The molecule has 0 aliphatic rings. The maximum atomic E-state index is 4.19. The molecule has 0 N–H and O–H groups in total. The number of hydrogen-bond donors (Lipinski definition) is 0. The molecule has 0 heterocycles. The van der Waals surface area contributed by atoms with Crippen molar-refractivity contribution in [3.63, 3.8) is 0 Å². The Balaban J connectivity index is 2.13. The third-order valence-corrected chi connectivity index (χ3v) is 3.53. The lowest BCUT2D eigenvalue weighted by atomic mass is 9.97. The Labute approximate surface area is 107 Å². The highest BCUT2D eigenvalue weighted by molar-refractivity contribution is 5.16. The second kappa shape index (κ2) is 8.11. The third kappa shape index (κ3) is 6.31. The van der Waals surface area contributed by atoms with E-state index < -0.39 is 0 Å². The van der Waals surface area contributed by atoms with Crippen LogP contribution < -0.4 is 0 Å². The highest BCUT2D eigenvalue weighted by Crippen LogP contribution is 2.17. The van der Waals surface area contributed by atoms with Gasteiger partial charge in [0.05, 0.1) is 0 Å². The van der Waals surface area contributed by atoms with Crippen molar-refractivity contribution >= 4 is 0 Å². The Bertz CT molecular complexity index is 310. The Morgan fingerprint density at radius 3 is 2.53 bits per heavy atom. The lowest BCUT2D eigenvalue weighted by molar-refractivity contribution is 0.493. The summed E-state index contributed by atoms with van der Waals surface area (Å²) in [5.74, 6) is 0.872. The first kappa shape index (κ1) is 14.0. The van der Waals surface area contributed by atoms with Crippen molar-refractivity contribution in [2.45, 2.75) is 52.4 Å². The molecule has 0 saturated carbocycles. The summed E-state index contributed by atoms with van der Waals surface area (Å²) in [5.41, 5.74) is 2.84. The molecule has 0 amide bonds. The van der Waals surface area contributed by atoms with Crippen molar-refractivity contribution in [2.75, 3.05) is 0 Å². The average Bonchev–Trinajstić information content (AvgIpc) is 2.37. The number of benzene rings is 1. The van der Waals surface area contributed by atoms with E-state index in [2.05, 4.69) is 50.8 Å². The van der Waals surface area contributed by atoms with Crippen LogP contribution in [-0.4, -0.2) is 0 Å². The van der Waals surface area contributed by atoms with Gasteiger partial charge >= 0.3 is 0 Å². The Morgan fingerprint density at radius 1 is 1.18 bits per heavy atom. The topological polar surface area (TPSA) is 0 Å². The number of rotatable bonds is 8. The molecular formula is C17H26. The van der Waals surface area contributed by atoms with Gasteiger partial charge in [-0.05, 0) is 37.2 Å². The molecule has 94 valence electrons. The van der Waals surface area contributed by atoms with Gasteiger partial charge in [-0.2, -0.15) is 0 Å². The van der Waals surface area contributed by atoms with E-state index in [-0.39, 0.29) is 0 Å². The lowest BCUT2D eigenvalue weighted by Crippen LogP contribution is -1.93. The number of hydrogen-bond acceptors (Lipinski definition) is 0. The van der Waals surface area contributed by atoms with E-state index in [1.807, 2.05) is 0 Å². The summed E-state index contributed by atoms with van der Waals surface area (Å²) in [6.07, 6.45) is 7.45. The molecule has 17 heavy (non-hydrogen) atoms. The smallest absolute Gasteiger partial charge is 0.0242 e. The predicted octanol–water partition coefficient (Wildman–Crippen LogP) is 5.39. The second-order valence-electron chi connectivity index (χ2n) is 5.14. The van der Waals surface area contributed by atoms with Crippen molar-refractivity contribution in [1.29, 1.82) is 0 Å². The van der Waals surface area contributed by atoms with E-state index in [4.69, 9.17) is 0 Å². The molecule has 1 unspecified atom stereocenters. The molecule has 1 aromatic carbocycles. The van der Waals surface area contributed by atoms with Crippen LogP contribution in [-0.2, 0) is 6.42 Å². The van der Waals surface area contributed by atoms with Gasteiger partial charge in [-0.1, -0.05) is 69.2 Å². The average molecular weight is 230 g/mol. The summed E-state index contributed by atoms with van der Waals surface area (Å²) in [6.45, 7) is 8.81. The minimum atomic E-state index is 0.872. The van der Waals surface area contributed by atoms with Gasteiger partial charge in [0.2, 0.25) is 0 Å². The number of allylic oxidation sites excluding steroid dienone is 1. The highest BCUT2D eigenvalue weighted by Gasteiger charge is 2.00. The summed E-state index contributed by atoms with van der Waals surface area (Å²) in [5, 5.41) is 0. The van der Waals surface area contributed by atoms with Crippen LogP contribution in [0.2, 0.25) is 0 Å². The zero-order valence-electron chi connectivity index (χ0n) is 11.4. The number of aryl methyl sites for hydroxylation is 1. The van der Waals surface area contributed by atoms with Gasteiger partial charge in [0, 0.05) is 0 Å². The molecule has 0 spiro atoms. The summed E-state index contributed by atoms with van der Waals surface area (Å²) >= 11 is 0. The standard InChI is InChI=1S/C17H26/c1-4-15(2)9-8-10-16(3)13-14-17-11-6-5-7-12-17/h5-7,11-12,15H,3-4,8-10,13-14H2,1-2H3. The van der Waals surface area contributed by atoms with Crippen LogP contribution in [0.4, 0.5) is 0 Å². The molecule has 1 atom stereocenters. The summed E-state index contributed by atoms with van der Waals surface area (Å²) in [6, 6.07) is 10.7. The first-order valence-electron chi connectivity index (χ1n) is 6.93. The molecule has 1 rings (SSSR count). The molecule has 0 nitrogen and oxygen atoms in total. The van der Waals surface area contributed by atoms with Gasteiger partial charge < -0.3 is 0 Å². The second-order valence-corrected chi connectivity index (χ2v) is 5.14. The van der Waals surface area contributed by atoms with Gasteiger partial charge in [0.1, 0.15) is 0 Å². The highest BCUT2D eigenvalue weighted by atomic mass is 14.1. The monoisotopic (exact) mass is 230 g/mol. The van der Waals surface area contributed by atoms with Crippen molar-refractivity contribution < 1.29 is 0 Å². The van der Waals surface area contributed by atoms with Crippen LogP contribution in [0.5, 0.6) is 0 Å². The van der Waals surface area contributed by atoms with Crippen molar-refractivity contribution in [3.05, 3.63) is 48.0 Å². The Kier molecular flexibility index (Phi) is 6.69. The summed E-state index contributed by atoms with van der Waals surface area (Å²) in [7, 11) is 0. The van der Waals surface area contributed by atoms with Gasteiger partial charge in [-0.25, -0.2) is 0 Å². The first-order valence-corrected chi connectivity index (χ1v) is 6.93. The zero-order valence-corrected chi connectivity index (χ0v) is 11.4. The molecule has 0 aromatic heterocycles. The lowest BCUT2D eigenvalue weighted by Gasteiger charge is -2.09. The van der Waals surface area contributed by atoms with E-state index in [1.54, 1.807) is 0 Å². The van der Waals surface area contributed by atoms with Gasteiger partial charge in [-0.15, -0.1) is 0 Å². The molecule has 0 radical (unpaired) electrons. The molecule has 0 heteroatoms. The summed E-state index contributed by atoms with van der Waals surface area (Å²) in [4.78, 5) is 0. The minimum Gasteiger partial charge on any atom is -0.0999 e. The molecule has 0 bridgehead atoms. The quantitative estimate of drug-likeness (QED) is 0.525. The van der Waals surface area contributed by atoms with Gasteiger partial charge in [-0.3, -0.25) is 0 Å². The van der Waals surface area contributed by atoms with E-state index >= 15 is 0 Å². The molecule has 0 aliphatic carbocycles. The van der Waals surface area contributed by atoms with Crippen LogP contribution >= 0.6 is 0 Å². The fourth-order valence-electron chi connectivity index (χ4n) is 2.00. The normalized spacial score (nSPS) is 12.4. The fraction of sp³-hybridized carbons (Fsp3) is 0.529. The Morgan fingerprint density at radius 2 is 1.88 bits per heavy atom. The van der Waals surface area contributed by atoms with Crippen LogP contribution in [0.15, 0.2) is 42.5 Å². The fourth-order valence-corrected chi connectivity index (χ4v) is 2.00. The van der Waals surface area contributed by atoms with Crippen LogP contribution in [0, 0.1) is 5.92 Å². The molecule has 0 aliphatic heterocycles. The SMILES string of the molecule is C=C(CCCC(C)CC)CCc1ccccc1. The minimum absolute atomic E-state index is 0.872. The first-order chi connectivity index (χ1) is 8.22. The van der Waals surface area contributed by atoms with Crippen molar-refractivity contribution in [2.24, 2.45) is 5.92 Å². The van der Waals surface area contributed by atoms with Crippen molar-refractivity contribution in [1.82, 2.24) is 0 Å². The van der Waals surface area contributed by atoms with E-state index in [0.717, 1.165) is 18.8 Å². The van der Waals surface area contributed by atoms with E-state index in [0.29, 0.717) is 0 Å².